The van der Waals surface area contributed by atoms with Crippen LogP contribution >= 0.6 is 11.3 Å². The second-order valence-corrected chi connectivity index (χ2v) is 8.06. The van der Waals surface area contributed by atoms with Gasteiger partial charge >= 0.3 is 0 Å². The van der Waals surface area contributed by atoms with E-state index < -0.39 is 5.92 Å². The van der Waals surface area contributed by atoms with E-state index in [-0.39, 0.29) is 30.1 Å². The van der Waals surface area contributed by atoms with Crippen LogP contribution in [-0.2, 0) is 27.2 Å². The van der Waals surface area contributed by atoms with Crippen molar-refractivity contribution in [2.24, 2.45) is 5.92 Å². The summed E-state index contributed by atoms with van der Waals surface area (Å²) < 4.78 is 5.83. The van der Waals surface area contributed by atoms with E-state index >= 15 is 0 Å². The molecule has 1 aliphatic heterocycles. The van der Waals surface area contributed by atoms with Crippen LogP contribution in [0.2, 0.25) is 0 Å². The molecule has 1 aliphatic carbocycles. The Morgan fingerprint density at radius 3 is 2.93 bits per heavy atom. The molecule has 1 aromatic heterocycles. The standard InChI is InChI=1S/C20H21N3O4S/c1-11(24)22-20-23-15-8-13(9-16(25)18(15)28-20)19(26)21-10-17-14-5-3-2-4-12(14)6-7-27-17/h2-5,13,17H,6-10H2,1H3,(H,21,26)(H,22,23,24)/t13-,17-/m0/s1. The van der Waals surface area contributed by atoms with Gasteiger partial charge in [-0.05, 0) is 17.5 Å². The Hall–Kier alpha value is -2.58. The van der Waals surface area contributed by atoms with Crippen molar-refractivity contribution < 1.29 is 19.1 Å². The highest BCUT2D eigenvalue weighted by Gasteiger charge is 2.33. The largest absolute Gasteiger partial charge is 0.371 e. The Morgan fingerprint density at radius 1 is 1.29 bits per heavy atom. The number of hydrogen-bond donors (Lipinski definition) is 2. The highest BCUT2D eigenvalue weighted by Crippen LogP contribution is 2.32. The molecule has 2 aromatic rings. The van der Waals surface area contributed by atoms with Crippen molar-refractivity contribution in [1.29, 1.82) is 0 Å². The van der Waals surface area contributed by atoms with Gasteiger partial charge < -0.3 is 15.4 Å². The molecule has 4 rings (SSSR count). The molecule has 0 bridgehead atoms. The zero-order valence-corrected chi connectivity index (χ0v) is 16.3. The van der Waals surface area contributed by atoms with Crippen molar-refractivity contribution in [3.8, 4) is 0 Å². The van der Waals surface area contributed by atoms with Gasteiger partial charge in [-0.25, -0.2) is 4.98 Å². The topological polar surface area (TPSA) is 97.4 Å². The predicted octanol–water partition coefficient (Wildman–Crippen LogP) is 2.28. The minimum Gasteiger partial charge on any atom is -0.371 e. The van der Waals surface area contributed by atoms with Crippen molar-refractivity contribution >= 4 is 34.1 Å². The number of Topliss-reactive ketones (excluding diaryl/α,β-unsaturated/α-hetero) is 1. The lowest BCUT2D eigenvalue weighted by molar-refractivity contribution is -0.125. The second kappa shape index (κ2) is 7.81. The molecule has 2 amide bonds. The monoisotopic (exact) mass is 399 g/mol. The molecule has 0 saturated heterocycles. The van der Waals surface area contributed by atoms with Gasteiger partial charge in [-0.15, -0.1) is 0 Å². The molecule has 0 unspecified atom stereocenters. The van der Waals surface area contributed by atoms with Gasteiger partial charge in [-0.2, -0.15) is 0 Å². The molecule has 2 N–H and O–H groups in total. The Balaban J connectivity index is 1.40. The number of amides is 2. The number of thiazole rings is 1. The molecule has 0 radical (unpaired) electrons. The molecule has 2 atom stereocenters. The number of benzene rings is 1. The minimum atomic E-state index is -0.453. The van der Waals surface area contributed by atoms with Gasteiger partial charge in [0.15, 0.2) is 10.9 Å². The lowest BCUT2D eigenvalue weighted by Crippen LogP contribution is -2.38. The number of carbonyl (C=O) groups is 3. The molecule has 1 aromatic carbocycles. The van der Waals surface area contributed by atoms with Crippen LogP contribution in [0.15, 0.2) is 24.3 Å². The first-order valence-corrected chi connectivity index (χ1v) is 10.1. The van der Waals surface area contributed by atoms with Crippen molar-refractivity contribution in [2.45, 2.75) is 32.3 Å². The lowest BCUT2D eigenvalue weighted by Gasteiger charge is -2.27. The van der Waals surface area contributed by atoms with E-state index in [0.717, 1.165) is 12.0 Å². The number of nitrogens with zero attached hydrogens (tertiary/aromatic N) is 1. The predicted molar refractivity (Wildman–Crippen MR) is 104 cm³/mol. The first-order valence-electron chi connectivity index (χ1n) is 9.29. The normalized spacial score (nSPS) is 20.8. The van der Waals surface area contributed by atoms with Crippen molar-refractivity contribution in [2.75, 3.05) is 18.5 Å². The summed E-state index contributed by atoms with van der Waals surface area (Å²) in [6.07, 6.45) is 1.25. The highest BCUT2D eigenvalue weighted by molar-refractivity contribution is 7.17. The van der Waals surface area contributed by atoms with E-state index in [1.807, 2.05) is 18.2 Å². The van der Waals surface area contributed by atoms with Crippen LogP contribution in [0.3, 0.4) is 0 Å². The number of ether oxygens (including phenoxy) is 1. The van der Waals surface area contributed by atoms with Crippen molar-refractivity contribution in [1.82, 2.24) is 10.3 Å². The van der Waals surface area contributed by atoms with E-state index in [9.17, 15) is 14.4 Å². The summed E-state index contributed by atoms with van der Waals surface area (Å²) in [7, 11) is 0. The number of anilines is 1. The Morgan fingerprint density at radius 2 is 2.11 bits per heavy atom. The second-order valence-electron chi connectivity index (χ2n) is 7.06. The van der Waals surface area contributed by atoms with Crippen molar-refractivity contribution in [3.63, 3.8) is 0 Å². The van der Waals surface area contributed by atoms with E-state index in [1.54, 1.807) is 0 Å². The van der Waals surface area contributed by atoms with Crippen LogP contribution in [0.4, 0.5) is 5.13 Å². The molecule has 0 fully saturated rings. The summed E-state index contributed by atoms with van der Waals surface area (Å²) in [5.41, 5.74) is 2.94. The zero-order chi connectivity index (χ0) is 19.7. The van der Waals surface area contributed by atoms with E-state index in [2.05, 4.69) is 21.7 Å². The molecule has 146 valence electrons. The number of nitrogens with one attached hydrogen (secondary N) is 2. The quantitative estimate of drug-likeness (QED) is 0.822. The summed E-state index contributed by atoms with van der Waals surface area (Å²) in [5, 5.41) is 5.95. The van der Waals surface area contributed by atoms with Crippen LogP contribution in [-0.4, -0.2) is 35.7 Å². The van der Waals surface area contributed by atoms with Gasteiger partial charge in [0, 0.05) is 26.3 Å². The molecule has 28 heavy (non-hydrogen) atoms. The average Bonchev–Trinajstić information content (AvgIpc) is 3.08. The molecule has 2 aliphatic rings. The molecular formula is C20H21N3O4S. The molecule has 0 saturated carbocycles. The number of fused-ring (bicyclic) bond motifs is 2. The van der Waals surface area contributed by atoms with Gasteiger partial charge in [0.2, 0.25) is 11.8 Å². The first kappa shape index (κ1) is 18.8. The maximum absolute atomic E-state index is 12.7. The van der Waals surface area contributed by atoms with Crippen LogP contribution < -0.4 is 10.6 Å². The number of aromatic nitrogens is 1. The van der Waals surface area contributed by atoms with Crippen molar-refractivity contribution in [3.05, 3.63) is 46.0 Å². The number of rotatable bonds is 4. The maximum atomic E-state index is 12.7. The molecule has 7 nitrogen and oxygen atoms in total. The van der Waals surface area contributed by atoms with Crippen LogP contribution in [0.25, 0.3) is 0 Å². The molecule has 8 heteroatoms. The van der Waals surface area contributed by atoms with E-state index in [0.29, 0.717) is 35.3 Å². The summed E-state index contributed by atoms with van der Waals surface area (Å²) in [6.45, 7) is 2.40. The third kappa shape index (κ3) is 3.83. The van der Waals surface area contributed by atoms with Gasteiger partial charge in [0.1, 0.15) is 6.10 Å². The van der Waals surface area contributed by atoms with E-state index in [1.165, 1.54) is 23.8 Å². The summed E-state index contributed by atoms with van der Waals surface area (Å²) in [4.78, 5) is 41.2. The third-order valence-corrected chi connectivity index (χ3v) is 6.08. The number of hydrogen-bond acceptors (Lipinski definition) is 6. The summed E-state index contributed by atoms with van der Waals surface area (Å²) in [5.74, 6) is -0.957. The molecule has 2 heterocycles. The van der Waals surface area contributed by atoms with Gasteiger partial charge in [0.05, 0.1) is 23.1 Å². The fraction of sp³-hybridized carbons (Fsp3) is 0.400. The number of carbonyl (C=O) groups excluding carboxylic acids is 3. The summed E-state index contributed by atoms with van der Waals surface area (Å²) in [6, 6.07) is 8.09. The maximum Gasteiger partial charge on any atom is 0.224 e. The highest BCUT2D eigenvalue weighted by atomic mass is 32.1. The van der Waals surface area contributed by atoms with Crippen LogP contribution in [0.5, 0.6) is 0 Å². The fourth-order valence-corrected chi connectivity index (χ4v) is 4.69. The fourth-order valence-electron chi connectivity index (χ4n) is 3.70. The SMILES string of the molecule is CC(=O)Nc1nc2c(s1)C(=O)C[C@@H](C(=O)NC[C@@H]1OCCc3ccccc31)C2. The number of ketones is 1. The van der Waals surface area contributed by atoms with E-state index in [4.69, 9.17) is 4.74 Å². The molecule has 0 spiro atoms. The summed E-state index contributed by atoms with van der Waals surface area (Å²) >= 11 is 1.17. The first-order chi connectivity index (χ1) is 13.5. The van der Waals surface area contributed by atoms with Gasteiger partial charge in [-0.1, -0.05) is 35.6 Å². The van der Waals surface area contributed by atoms with Gasteiger partial charge in [0.25, 0.3) is 0 Å². The van der Waals surface area contributed by atoms with Gasteiger partial charge in [-0.3, -0.25) is 14.4 Å². The average molecular weight is 399 g/mol. The Kier molecular flexibility index (Phi) is 5.23. The Labute approximate surface area is 166 Å². The van der Waals surface area contributed by atoms with Crippen LogP contribution in [0.1, 0.15) is 45.9 Å². The molecular weight excluding hydrogens is 378 g/mol. The van der Waals surface area contributed by atoms with Crippen LogP contribution in [0, 0.1) is 5.92 Å². The lowest BCUT2D eigenvalue weighted by atomic mass is 9.89. The zero-order valence-electron chi connectivity index (χ0n) is 15.5. The smallest absolute Gasteiger partial charge is 0.224 e. The minimum absolute atomic E-state index is 0.102. The third-order valence-electron chi connectivity index (χ3n) is 5.03. The Bertz CT molecular complexity index is 939.